The average molecular weight is 405 g/mol. The van der Waals surface area contributed by atoms with Crippen molar-refractivity contribution in [2.75, 3.05) is 25.1 Å². The molecule has 3 aromatic carbocycles. The number of carbonyl (C=O) groups is 1. The van der Waals surface area contributed by atoms with E-state index in [1.165, 1.54) is 7.11 Å². The van der Waals surface area contributed by atoms with Crippen molar-refractivity contribution in [3.8, 4) is 22.6 Å². The Balaban J connectivity index is 1.60. The van der Waals surface area contributed by atoms with E-state index in [1.54, 1.807) is 6.07 Å². The van der Waals surface area contributed by atoms with Gasteiger partial charge in [-0.3, -0.25) is 0 Å². The van der Waals surface area contributed by atoms with Crippen LogP contribution in [0.5, 0.6) is 11.5 Å². The Hall–Kier alpha value is -3.51. The van der Waals surface area contributed by atoms with Crippen molar-refractivity contribution in [3.63, 3.8) is 0 Å². The van der Waals surface area contributed by atoms with Crippen LogP contribution in [0.3, 0.4) is 0 Å². The van der Waals surface area contributed by atoms with E-state index in [9.17, 15) is 9.90 Å². The third-order valence-electron chi connectivity index (χ3n) is 5.24. The average Bonchev–Trinajstić information content (AvgIpc) is 2.76. The molecule has 6 heteroatoms. The highest BCUT2D eigenvalue weighted by Crippen LogP contribution is 2.41. The van der Waals surface area contributed by atoms with Gasteiger partial charge in [-0.2, -0.15) is 0 Å². The van der Waals surface area contributed by atoms with E-state index in [0.717, 1.165) is 22.6 Å². The minimum absolute atomic E-state index is 0.00310. The molecule has 3 aromatic rings. The normalized spacial score (nSPS) is 13.6. The molecular weight excluding hydrogens is 382 g/mol. The molecule has 0 spiro atoms. The number of rotatable bonds is 7. The molecule has 1 aliphatic rings. The van der Waals surface area contributed by atoms with Crippen LogP contribution in [0, 0.1) is 0 Å². The van der Waals surface area contributed by atoms with E-state index in [-0.39, 0.29) is 18.3 Å². The number of hydrogen-bond acceptors (Lipinski definition) is 5. The fraction of sp³-hybridized carbons (Fsp3) is 0.208. The summed E-state index contributed by atoms with van der Waals surface area (Å²) >= 11 is 0. The molecule has 154 valence electrons. The second-order valence-electron chi connectivity index (χ2n) is 7.16. The molecule has 0 aromatic heterocycles. The molecule has 0 radical (unpaired) electrons. The number of aliphatic hydroxyl groups is 1. The Morgan fingerprint density at radius 2 is 1.73 bits per heavy atom. The quantitative estimate of drug-likeness (QED) is 0.622. The summed E-state index contributed by atoms with van der Waals surface area (Å²) in [5.74, 6) is 0.0633. The standard InChI is InChI=1S/C24H23NO5/c1-29-21-12-11-20(22(23(21)24(27)28)17-5-3-2-4-6-17)25-13-19(14-25)30-18-9-7-16(15-26)8-10-18/h2-12,19,26H,13-15H2,1H3,(H,27,28). The molecule has 0 saturated carbocycles. The molecule has 0 unspecified atom stereocenters. The summed E-state index contributed by atoms with van der Waals surface area (Å²) in [5, 5.41) is 19.0. The van der Waals surface area contributed by atoms with E-state index in [4.69, 9.17) is 14.6 Å². The molecule has 2 N–H and O–H groups in total. The second-order valence-corrected chi connectivity index (χ2v) is 7.16. The zero-order chi connectivity index (χ0) is 21.1. The van der Waals surface area contributed by atoms with Gasteiger partial charge >= 0.3 is 5.97 Å². The summed E-state index contributed by atoms with van der Waals surface area (Å²) in [6.45, 7) is 1.29. The highest BCUT2D eigenvalue weighted by molar-refractivity contribution is 6.03. The van der Waals surface area contributed by atoms with Gasteiger partial charge in [0.15, 0.2) is 0 Å². The predicted molar refractivity (Wildman–Crippen MR) is 114 cm³/mol. The molecule has 0 atom stereocenters. The maximum atomic E-state index is 12.1. The Morgan fingerprint density at radius 3 is 2.33 bits per heavy atom. The molecule has 4 rings (SSSR count). The molecule has 0 amide bonds. The van der Waals surface area contributed by atoms with Crippen LogP contribution in [-0.2, 0) is 6.61 Å². The second kappa shape index (κ2) is 8.47. The van der Waals surface area contributed by atoms with Crippen LogP contribution in [0.25, 0.3) is 11.1 Å². The molecule has 30 heavy (non-hydrogen) atoms. The first-order valence-corrected chi connectivity index (χ1v) is 9.72. The SMILES string of the molecule is COc1ccc(N2CC(Oc3ccc(CO)cc3)C2)c(-c2ccccc2)c1C(=O)O. The van der Waals surface area contributed by atoms with E-state index in [0.29, 0.717) is 24.4 Å². The summed E-state index contributed by atoms with van der Waals surface area (Å²) in [5.41, 5.74) is 3.31. The summed E-state index contributed by atoms with van der Waals surface area (Å²) in [6.07, 6.45) is 0.00368. The topological polar surface area (TPSA) is 79.2 Å². The first-order chi connectivity index (χ1) is 14.6. The molecule has 1 saturated heterocycles. The smallest absolute Gasteiger partial charge is 0.340 e. The lowest BCUT2D eigenvalue weighted by Gasteiger charge is -2.42. The molecule has 1 aliphatic heterocycles. The van der Waals surface area contributed by atoms with Crippen molar-refractivity contribution in [1.29, 1.82) is 0 Å². The molecule has 1 fully saturated rings. The first kappa shape index (κ1) is 19.8. The van der Waals surface area contributed by atoms with Gasteiger partial charge in [-0.15, -0.1) is 0 Å². The van der Waals surface area contributed by atoms with Crippen LogP contribution in [0.2, 0.25) is 0 Å². The van der Waals surface area contributed by atoms with Gasteiger partial charge in [0.2, 0.25) is 0 Å². The van der Waals surface area contributed by atoms with Crippen LogP contribution in [-0.4, -0.2) is 42.5 Å². The Kier molecular flexibility index (Phi) is 5.59. The summed E-state index contributed by atoms with van der Waals surface area (Å²) in [7, 11) is 1.48. The lowest BCUT2D eigenvalue weighted by Crippen LogP contribution is -2.54. The molecule has 0 aliphatic carbocycles. The number of hydrogen-bond donors (Lipinski definition) is 2. The molecule has 1 heterocycles. The van der Waals surface area contributed by atoms with E-state index in [2.05, 4.69) is 4.90 Å². The third kappa shape index (κ3) is 3.82. The van der Waals surface area contributed by atoms with Crippen molar-refractivity contribution in [3.05, 3.63) is 77.9 Å². The summed E-state index contributed by atoms with van der Waals surface area (Å²) in [6, 6.07) is 20.5. The number of aromatic carboxylic acids is 1. The Morgan fingerprint density at radius 1 is 1.03 bits per heavy atom. The number of carboxylic acids is 1. The van der Waals surface area contributed by atoms with Crippen LogP contribution < -0.4 is 14.4 Å². The van der Waals surface area contributed by atoms with Crippen LogP contribution in [0.1, 0.15) is 15.9 Å². The molecular formula is C24H23NO5. The minimum atomic E-state index is -1.02. The summed E-state index contributed by atoms with van der Waals surface area (Å²) < 4.78 is 11.3. The van der Waals surface area contributed by atoms with Gasteiger partial charge in [-0.25, -0.2) is 4.79 Å². The fourth-order valence-electron chi connectivity index (χ4n) is 3.69. The molecule has 6 nitrogen and oxygen atoms in total. The van der Waals surface area contributed by atoms with Crippen molar-refractivity contribution in [1.82, 2.24) is 0 Å². The highest BCUT2D eigenvalue weighted by Gasteiger charge is 2.32. The predicted octanol–water partition coefficient (Wildman–Crippen LogP) is 3.82. The van der Waals surface area contributed by atoms with Crippen molar-refractivity contribution in [2.24, 2.45) is 0 Å². The fourth-order valence-corrected chi connectivity index (χ4v) is 3.69. The zero-order valence-corrected chi connectivity index (χ0v) is 16.6. The third-order valence-corrected chi connectivity index (χ3v) is 5.24. The van der Waals surface area contributed by atoms with Gasteiger partial charge in [0, 0.05) is 11.3 Å². The Labute approximate surface area is 174 Å². The van der Waals surface area contributed by atoms with Crippen molar-refractivity contribution in [2.45, 2.75) is 12.7 Å². The van der Waals surface area contributed by atoms with Crippen LogP contribution >= 0.6 is 0 Å². The van der Waals surface area contributed by atoms with Crippen LogP contribution in [0.4, 0.5) is 5.69 Å². The number of carboxylic acid groups (broad SMARTS) is 1. The largest absolute Gasteiger partial charge is 0.496 e. The number of aliphatic hydroxyl groups excluding tert-OH is 1. The van der Waals surface area contributed by atoms with Gasteiger partial charge in [0.25, 0.3) is 0 Å². The maximum absolute atomic E-state index is 12.1. The zero-order valence-electron chi connectivity index (χ0n) is 16.6. The Bertz CT molecular complexity index is 1030. The highest BCUT2D eigenvalue weighted by atomic mass is 16.5. The van der Waals surface area contributed by atoms with Gasteiger partial charge in [-0.1, -0.05) is 42.5 Å². The van der Waals surface area contributed by atoms with E-state index >= 15 is 0 Å². The first-order valence-electron chi connectivity index (χ1n) is 9.72. The van der Waals surface area contributed by atoms with Gasteiger partial charge < -0.3 is 24.6 Å². The van der Waals surface area contributed by atoms with Crippen molar-refractivity contribution >= 4 is 11.7 Å². The monoisotopic (exact) mass is 405 g/mol. The van der Waals surface area contributed by atoms with Gasteiger partial charge in [0.05, 0.1) is 26.8 Å². The number of benzene rings is 3. The summed E-state index contributed by atoms with van der Waals surface area (Å²) in [4.78, 5) is 14.2. The number of ether oxygens (including phenoxy) is 2. The number of methoxy groups -OCH3 is 1. The number of anilines is 1. The minimum Gasteiger partial charge on any atom is -0.496 e. The van der Waals surface area contributed by atoms with Crippen LogP contribution in [0.15, 0.2) is 66.7 Å². The van der Waals surface area contributed by atoms with E-state index in [1.807, 2.05) is 60.7 Å². The van der Waals surface area contributed by atoms with E-state index < -0.39 is 5.97 Å². The maximum Gasteiger partial charge on any atom is 0.340 e. The van der Waals surface area contributed by atoms with Gasteiger partial charge in [0.1, 0.15) is 23.2 Å². The number of nitrogens with zero attached hydrogens (tertiary/aromatic N) is 1. The van der Waals surface area contributed by atoms with Crippen molar-refractivity contribution < 1.29 is 24.5 Å². The molecule has 0 bridgehead atoms. The van der Waals surface area contributed by atoms with Gasteiger partial charge in [-0.05, 0) is 35.4 Å². The lowest BCUT2D eigenvalue weighted by atomic mass is 9.94. The lowest BCUT2D eigenvalue weighted by molar-refractivity contribution is 0.0694.